The van der Waals surface area contributed by atoms with Crippen LogP contribution in [0.1, 0.15) is 16.7 Å². The Morgan fingerprint density at radius 3 is 2.21 bits per heavy atom. The fraction of sp³-hybridized carbons (Fsp3) is 0.185. The summed E-state index contributed by atoms with van der Waals surface area (Å²) < 4.78 is 5.43. The first kappa shape index (κ1) is 22.1. The fourth-order valence-corrected chi connectivity index (χ4v) is 4.01. The number of anilines is 3. The Morgan fingerprint density at radius 2 is 1.58 bits per heavy atom. The van der Waals surface area contributed by atoms with Crippen molar-refractivity contribution in [2.45, 2.75) is 13.8 Å². The van der Waals surface area contributed by atoms with Crippen LogP contribution in [0.15, 0.2) is 72.4 Å². The molecular formula is C27H27N3O3. The van der Waals surface area contributed by atoms with Gasteiger partial charge in [0.2, 0.25) is 0 Å². The zero-order valence-corrected chi connectivity index (χ0v) is 19.5. The molecule has 0 radical (unpaired) electrons. The second-order valence-electron chi connectivity index (χ2n) is 8.25. The van der Waals surface area contributed by atoms with Gasteiger partial charge in [-0.15, -0.1) is 0 Å². The second-order valence-corrected chi connectivity index (χ2v) is 8.25. The number of aryl methyl sites for hydroxylation is 2. The lowest BCUT2D eigenvalue weighted by Gasteiger charge is -2.18. The number of nitrogens with zero attached hydrogens (tertiary/aromatic N) is 2. The van der Waals surface area contributed by atoms with Crippen molar-refractivity contribution in [2.24, 2.45) is 0 Å². The molecule has 0 aliphatic carbocycles. The molecule has 33 heavy (non-hydrogen) atoms. The predicted molar refractivity (Wildman–Crippen MR) is 133 cm³/mol. The van der Waals surface area contributed by atoms with Crippen molar-refractivity contribution in [3.63, 3.8) is 0 Å². The van der Waals surface area contributed by atoms with Gasteiger partial charge in [0.15, 0.2) is 0 Å². The Labute approximate surface area is 194 Å². The molecule has 0 saturated heterocycles. The van der Waals surface area contributed by atoms with Crippen LogP contribution in [-0.2, 0) is 9.59 Å². The molecule has 0 unspecified atom stereocenters. The minimum Gasteiger partial charge on any atom is -0.495 e. The van der Waals surface area contributed by atoms with Crippen molar-refractivity contribution in [1.82, 2.24) is 0 Å². The molecule has 6 heteroatoms. The lowest BCUT2D eigenvalue weighted by molar-refractivity contribution is -0.120. The molecule has 1 heterocycles. The number of carbonyl (C=O) groups is 2. The van der Waals surface area contributed by atoms with Gasteiger partial charge in [-0.05, 0) is 61.4 Å². The second kappa shape index (κ2) is 8.82. The van der Waals surface area contributed by atoms with Crippen LogP contribution in [-0.4, -0.2) is 33.0 Å². The number of nitrogens with one attached hydrogen (secondary N) is 1. The highest BCUT2D eigenvalue weighted by molar-refractivity contribution is 6.46. The van der Waals surface area contributed by atoms with E-state index in [4.69, 9.17) is 4.74 Å². The number of methoxy groups -OCH3 is 1. The van der Waals surface area contributed by atoms with Crippen LogP contribution in [0.3, 0.4) is 0 Å². The standard InChI is InChI=1S/C27H27N3O3/c1-17-10-15-21(18(2)16-17)24-25(28-19-11-13-20(14-12-19)29(3)4)27(32)30(26(24)31)22-8-6-7-9-23(22)33-5/h6-16,28H,1-5H3. The average molecular weight is 442 g/mol. The first-order valence-corrected chi connectivity index (χ1v) is 10.7. The van der Waals surface area contributed by atoms with Crippen molar-refractivity contribution >= 4 is 34.4 Å². The van der Waals surface area contributed by atoms with Gasteiger partial charge in [-0.25, -0.2) is 4.90 Å². The van der Waals surface area contributed by atoms with Gasteiger partial charge in [0, 0.05) is 25.5 Å². The highest BCUT2D eigenvalue weighted by Gasteiger charge is 2.41. The maximum absolute atomic E-state index is 13.7. The van der Waals surface area contributed by atoms with E-state index in [1.54, 1.807) is 24.3 Å². The molecule has 0 spiro atoms. The van der Waals surface area contributed by atoms with E-state index in [1.807, 2.05) is 75.3 Å². The summed E-state index contributed by atoms with van der Waals surface area (Å²) in [7, 11) is 5.45. The molecule has 168 valence electrons. The zero-order chi connectivity index (χ0) is 23.7. The third-order valence-electron chi connectivity index (χ3n) is 5.71. The molecule has 0 atom stereocenters. The van der Waals surface area contributed by atoms with Gasteiger partial charge in [-0.3, -0.25) is 9.59 Å². The molecular weight excluding hydrogens is 414 g/mol. The third-order valence-corrected chi connectivity index (χ3v) is 5.71. The van der Waals surface area contributed by atoms with Gasteiger partial charge >= 0.3 is 0 Å². The quantitative estimate of drug-likeness (QED) is 0.558. The Balaban J connectivity index is 1.84. The maximum atomic E-state index is 13.7. The lowest BCUT2D eigenvalue weighted by atomic mass is 9.97. The predicted octanol–water partition coefficient (Wildman–Crippen LogP) is 4.77. The van der Waals surface area contributed by atoms with E-state index in [2.05, 4.69) is 5.32 Å². The molecule has 4 rings (SSSR count). The number of amides is 2. The summed E-state index contributed by atoms with van der Waals surface area (Å²) in [5, 5.41) is 3.22. The van der Waals surface area contributed by atoms with Crippen molar-refractivity contribution in [3.8, 4) is 5.75 Å². The fourth-order valence-electron chi connectivity index (χ4n) is 4.01. The summed E-state index contributed by atoms with van der Waals surface area (Å²) in [5.41, 5.74) is 5.50. The number of hydrogen-bond donors (Lipinski definition) is 1. The van der Waals surface area contributed by atoms with Gasteiger partial charge in [0.1, 0.15) is 11.4 Å². The summed E-state index contributed by atoms with van der Waals surface area (Å²) >= 11 is 0. The summed E-state index contributed by atoms with van der Waals surface area (Å²) in [4.78, 5) is 30.5. The van der Waals surface area contributed by atoms with Crippen molar-refractivity contribution < 1.29 is 14.3 Å². The Morgan fingerprint density at radius 1 is 0.879 bits per heavy atom. The van der Waals surface area contributed by atoms with Crippen molar-refractivity contribution in [3.05, 3.63) is 89.1 Å². The van der Waals surface area contributed by atoms with E-state index in [-0.39, 0.29) is 11.6 Å². The minimum atomic E-state index is -0.420. The topological polar surface area (TPSA) is 61.9 Å². The number of rotatable bonds is 6. The van der Waals surface area contributed by atoms with Crippen LogP contribution in [0.4, 0.5) is 17.1 Å². The van der Waals surface area contributed by atoms with E-state index >= 15 is 0 Å². The average Bonchev–Trinajstić information content (AvgIpc) is 3.03. The molecule has 1 aliphatic heterocycles. The normalized spacial score (nSPS) is 13.5. The van der Waals surface area contributed by atoms with Gasteiger partial charge < -0.3 is 15.0 Å². The zero-order valence-electron chi connectivity index (χ0n) is 19.5. The Hall–Kier alpha value is -4.06. The van der Waals surface area contributed by atoms with Gasteiger partial charge in [-0.1, -0.05) is 35.9 Å². The van der Waals surface area contributed by atoms with Crippen LogP contribution in [0.2, 0.25) is 0 Å². The highest BCUT2D eigenvalue weighted by Crippen LogP contribution is 2.38. The van der Waals surface area contributed by atoms with E-state index in [0.717, 1.165) is 28.1 Å². The van der Waals surface area contributed by atoms with E-state index in [9.17, 15) is 9.59 Å². The van der Waals surface area contributed by atoms with E-state index in [1.165, 1.54) is 12.0 Å². The largest absolute Gasteiger partial charge is 0.495 e. The number of imide groups is 1. The number of ether oxygens (including phenoxy) is 1. The molecule has 0 fully saturated rings. The summed E-state index contributed by atoms with van der Waals surface area (Å²) in [6, 6.07) is 20.6. The van der Waals surface area contributed by atoms with Gasteiger partial charge in [-0.2, -0.15) is 0 Å². The van der Waals surface area contributed by atoms with E-state index < -0.39 is 5.91 Å². The van der Waals surface area contributed by atoms with Gasteiger partial charge in [0.05, 0.1) is 18.4 Å². The molecule has 0 aromatic heterocycles. The number of benzene rings is 3. The maximum Gasteiger partial charge on any atom is 0.282 e. The molecule has 3 aromatic carbocycles. The molecule has 2 amide bonds. The number of hydrogen-bond acceptors (Lipinski definition) is 5. The molecule has 3 aromatic rings. The number of para-hydroxylation sites is 2. The van der Waals surface area contributed by atoms with Crippen molar-refractivity contribution in [1.29, 1.82) is 0 Å². The van der Waals surface area contributed by atoms with Crippen molar-refractivity contribution in [2.75, 3.05) is 36.3 Å². The Bertz CT molecular complexity index is 1260. The lowest BCUT2D eigenvalue weighted by Crippen LogP contribution is -2.32. The van der Waals surface area contributed by atoms with Crippen LogP contribution in [0.25, 0.3) is 5.57 Å². The first-order valence-electron chi connectivity index (χ1n) is 10.7. The molecule has 6 nitrogen and oxygen atoms in total. The molecule has 0 bridgehead atoms. The molecule has 0 saturated carbocycles. The smallest absolute Gasteiger partial charge is 0.282 e. The van der Waals surface area contributed by atoms with E-state index in [0.29, 0.717) is 17.0 Å². The van der Waals surface area contributed by atoms with Crippen LogP contribution in [0.5, 0.6) is 5.75 Å². The highest BCUT2D eigenvalue weighted by atomic mass is 16.5. The van der Waals surface area contributed by atoms with Crippen LogP contribution < -0.4 is 19.9 Å². The van der Waals surface area contributed by atoms with Gasteiger partial charge in [0.25, 0.3) is 11.8 Å². The Kier molecular flexibility index (Phi) is 5.92. The van der Waals surface area contributed by atoms with Crippen LogP contribution >= 0.6 is 0 Å². The SMILES string of the molecule is COc1ccccc1N1C(=O)C(Nc2ccc(N(C)C)cc2)=C(c2ccc(C)cc2C)C1=O. The number of carbonyl (C=O) groups excluding carboxylic acids is 2. The minimum absolute atomic E-state index is 0.246. The molecule has 1 N–H and O–H groups in total. The first-order chi connectivity index (χ1) is 15.8. The summed E-state index contributed by atoms with van der Waals surface area (Å²) in [6.07, 6.45) is 0. The summed E-state index contributed by atoms with van der Waals surface area (Å²) in [5.74, 6) is -0.351. The summed E-state index contributed by atoms with van der Waals surface area (Å²) in [6.45, 7) is 3.95. The van der Waals surface area contributed by atoms with Crippen LogP contribution in [0, 0.1) is 13.8 Å². The molecule has 1 aliphatic rings. The third kappa shape index (κ3) is 4.07. The monoisotopic (exact) mass is 441 g/mol.